The van der Waals surface area contributed by atoms with Crippen molar-refractivity contribution in [1.82, 2.24) is 21.1 Å². The fourth-order valence-electron chi connectivity index (χ4n) is 6.47. The molecule has 0 aliphatic heterocycles. The number of amides is 3. The molecule has 14 nitrogen and oxygen atoms in total. The van der Waals surface area contributed by atoms with Crippen LogP contribution in [0.5, 0.6) is 5.75 Å². The van der Waals surface area contributed by atoms with E-state index in [1.165, 1.54) is 4.90 Å². The van der Waals surface area contributed by atoms with Gasteiger partial charge in [0, 0.05) is 48.9 Å². The molecule has 1 unspecified atom stereocenters. The Morgan fingerprint density at radius 1 is 1.12 bits per heavy atom. The van der Waals surface area contributed by atoms with Crippen molar-refractivity contribution < 1.29 is 39.6 Å². The molecule has 1 saturated carbocycles. The minimum Gasteiger partial charge on any atom is -0.508 e. The summed E-state index contributed by atoms with van der Waals surface area (Å²) in [4.78, 5) is 54.9. The van der Waals surface area contributed by atoms with Gasteiger partial charge in [0.25, 0.3) is 5.91 Å². The number of urea groups is 1. The molecule has 1 fully saturated rings. The summed E-state index contributed by atoms with van der Waals surface area (Å²) in [5.41, 5.74) is 7.73. The molecule has 0 aromatic heterocycles. The van der Waals surface area contributed by atoms with E-state index in [0.29, 0.717) is 16.8 Å². The van der Waals surface area contributed by atoms with Crippen LogP contribution in [0.4, 0.5) is 10.5 Å². The Bertz CT molecular complexity index is 1470. The second-order valence-corrected chi connectivity index (χ2v) is 12.8. The van der Waals surface area contributed by atoms with Crippen molar-refractivity contribution in [2.45, 2.75) is 57.3 Å². The fraction of sp³-hybridized carbons (Fsp3) is 0.517. The summed E-state index contributed by atoms with van der Waals surface area (Å²) in [7, 11) is 6.64. The number of nitrogens with one attached hydrogen (secondary N) is 3. The Balaban J connectivity index is 1.83. The van der Waals surface area contributed by atoms with Crippen LogP contribution in [-0.4, -0.2) is 94.2 Å². The Morgan fingerprint density at radius 2 is 1.74 bits per heavy atom. The fourth-order valence-corrected chi connectivity index (χ4v) is 6.47. The molecule has 4 rings (SSSR count). The smallest absolute Gasteiger partial charge is 0.329 e. The first-order valence-electron chi connectivity index (χ1n) is 13.8. The van der Waals surface area contributed by atoms with Gasteiger partial charge in [-0.15, -0.1) is 0 Å². The van der Waals surface area contributed by atoms with Gasteiger partial charge in [0.1, 0.15) is 22.8 Å². The average Bonchev–Trinajstić information content (AvgIpc) is 2.85. The molecule has 3 amide bonds. The number of hydrazine groups is 1. The highest BCUT2D eigenvalue weighted by Crippen LogP contribution is 2.54. The predicted molar refractivity (Wildman–Crippen MR) is 157 cm³/mol. The average molecular weight is 601 g/mol. The normalized spacial score (nSPS) is 25.3. The number of rotatable bonds is 6. The number of hydrogen-bond donors (Lipinski definition) is 8. The minimum atomic E-state index is -2.71. The molecule has 9 N–H and O–H groups in total. The van der Waals surface area contributed by atoms with Gasteiger partial charge in [-0.3, -0.25) is 24.7 Å². The number of carbonyl (C=O) groups is 4. The lowest BCUT2D eigenvalue weighted by Gasteiger charge is -2.50. The van der Waals surface area contributed by atoms with Crippen molar-refractivity contribution in [3.63, 3.8) is 0 Å². The third-order valence-corrected chi connectivity index (χ3v) is 8.23. The number of nitrogens with two attached hydrogens (primary N) is 1. The largest absolute Gasteiger partial charge is 0.508 e. The summed E-state index contributed by atoms with van der Waals surface area (Å²) < 4.78 is 0. The number of benzene rings is 1. The van der Waals surface area contributed by atoms with E-state index in [9.17, 15) is 39.6 Å². The number of carbonyl (C=O) groups excluding carboxylic acids is 4. The van der Waals surface area contributed by atoms with Crippen LogP contribution in [-0.2, 0) is 27.3 Å². The van der Waals surface area contributed by atoms with Crippen molar-refractivity contribution in [3.05, 3.63) is 39.7 Å². The lowest BCUT2D eigenvalue weighted by Crippen LogP contribution is -2.65. The van der Waals surface area contributed by atoms with E-state index in [4.69, 9.17) is 5.73 Å². The molecule has 4 atom stereocenters. The number of aliphatic hydroxyl groups is 3. The van der Waals surface area contributed by atoms with Crippen LogP contribution in [0, 0.1) is 11.8 Å². The van der Waals surface area contributed by atoms with Crippen molar-refractivity contribution in [2.24, 2.45) is 17.6 Å². The molecule has 3 aliphatic rings. The highest BCUT2D eigenvalue weighted by Gasteiger charge is 2.64. The van der Waals surface area contributed by atoms with Gasteiger partial charge in [0.2, 0.25) is 5.78 Å². The number of aromatic hydroxyl groups is 1. The van der Waals surface area contributed by atoms with Crippen molar-refractivity contribution in [1.29, 1.82) is 0 Å². The van der Waals surface area contributed by atoms with Crippen LogP contribution in [0.2, 0.25) is 0 Å². The molecule has 234 valence electrons. The third kappa shape index (κ3) is 5.19. The summed E-state index contributed by atoms with van der Waals surface area (Å²) in [6, 6.07) is 0.0477. The molecule has 0 bridgehead atoms. The third-order valence-electron chi connectivity index (χ3n) is 8.23. The highest BCUT2D eigenvalue weighted by molar-refractivity contribution is 6.24. The first kappa shape index (κ1) is 31.8. The SMILES string of the molecule is CN(C)c1cc(CNNC(=O)NC(C)(C)C)c(O)c2c1CC1C[C@H]3[C@H](N(C)C)C(=O)C(C(N)=O)=C(O)[C@@]3(O)C(=O)C1=C2O. The molecule has 43 heavy (non-hydrogen) atoms. The number of Topliss-reactive ketones (excluding diaryl/α,β-unsaturated/α-hetero) is 2. The standard InChI is InChI=1S/C29H40N6O8/c1-28(2,3)32-27(42)33-31-11-13-10-16(34(4)5)14-8-12-9-15-20(35(6)7)23(38)19(26(30)41)25(40)29(15,43)24(39)17(12)22(37)18(14)21(13)36/h10,12,15,20,31,36-37,40,43H,8-9,11H2,1-7H3,(H2,30,41)(H2,32,33,42)/t12?,15-,20-,29-/m0/s1. The van der Waals surface area contributed by atoms with Gasteiger partial charge in [-0.1, -0.05) is 0 Å². The molecule has 0 heterocycles. The Morgan fingerprint density at radius 3 is 2.28 bits per heavy atom. The number of nitrogens with zero attached hydrogens (tertiary/aromatic N) is 2. The maximum absolute atomic E-state index is 14.1. The Labute approximate surface area is 249 Å². The molecule has 3 aliphatic carbocycles. The molecule has 14 heteroatoms. The summed E-state index contributed by atoms with van der Waals surface area (Å²) in [6.45, 7) is 5.39. The first-order chi connectivity index (χ1) is 19.8. The molecule has 1 aromatic carbocycles. The van der Waals surface area contributed by atoms with E-state index >= 15 is 0 Å². The van der Waals surface area contributed by atoms with E-state index in [1.54, 1.807) is 39.2 Å². The number of primary amides is 1. The van der Waals surface area contributed by atoms with E-state index in [2.05, 4.69) is 16.2 Å². The molecular weight excluding hydrogens is 560 g/mol. The number of hydrogen-bond acceptors (Lipinski definition) is 11. The van der Waals surface area contributed by atoms with E-state index in [1.807, 2.05) is 20.8 Å². The van der Waals surface area contributed by atoms with Gasteiger partial charge in [-0.05, 0) is 65.3 Å². The van der Waals surface area contributed by atoms with E-state index < -0.39 is 69.6 Å². The van der Waals surface area contributed by atoms with Gasteiger partial charge in [-0.25, -0.2) is 10.2 Å². The van der Waals surface area contributed by atoms with E-state index in [-0.39, 0.29) is 36.3 Å². The Hall–Kier alpha value is -4.14. The van der Waals surface area contributed by atoms with Crippen molar-refractivity contribution in [3.8, 4) is 5.75 Å². The van der Waals surface area contributed by atoms with Crippen molar-refractivity contribution >= 4 is 35.0 Å². The van der Waals surface area contributed by atoms with E-state index in [0.717, 1.165) is 0 Å². The number of phenolic OH excluding ortho intramolecular Hbond substituents is 1. The van der Waals surface area contributed by atoms with Crippen LogP contribution >= 0.6 is 0 Å². The Kier molecular flexibility index (Phi) is 8.02. The number of phenols is 1. The summed E-state index contributed by atoms with van der Waals surface area (Å²) in [5, 5.41) is 48.4. The minimum absolute atomic E-state index is 0.00446. The molecule has 0 spiro atoms. The quantitative estimate of drug-likeness (QED) is 0.162. The monoisotopic (exact) mass is 600 g/mol. The lowest BCUT2D eigenvalue weighted by atomic mass is 9.57. The van der Waals surface area contributed by atoms with Gasteiger partial charge in [0.05, 0.1) is 11.6 Å². The van der Waals surface area contributed by atoms with Crippen molar-refractivity contribution in [2.75, 3.05) is 33.1 Å². The van der Waals surface area contributed by atoms with Gasteiger partial charge < -0.3 is 36.4 Å². The zero-order valence-electron chi connectivity index (χ0n) is 25.3. The zero-order chi connectivity index (χ0) is 32.3. The van der Waals surface area contributed by atoms with Gasteiger partial charge in [0.15, 0.2) is 11.4 Å². The molecule has 0 radical (unpaired) electrons. The zero-order valence-corrected chi connectivity index (χ0v) is 25.3. The second-order valence-electron chi connectivity index (χ2n) is 12.8. The maximum atomic E-state index is 14.1. The second kappa shape index (κ2) is 10.8. The number of likely N-dealkylation sites (N-methyl/N-ethyl adjacent to an activating group) is 1. The van der Waals surface area contributed by atoms with Gasteiger partial charge >= 0.3 is 6.03 Å². The summed E-state index contributed by atoms with van der Waals surface area (Å²) in [5.74, 6) is -7.10. The molecular formula is C29H40N6O8. The van der Waals surface area contributed by atoms with Crippen LogP contribution in [0.1, 0.15) is 43.9 Å². The summed E-state index contributed by atoms with van der Waals surface area (Å²) >= 11 is 0. The number of anilines is 1. The first-order valence-corrected chi connectivity index (χ1v) is 13.8. The van der Waals surface area contributed by atoms with Crippen LogP contribution in [0.25, 0.3) is 5.76 Å². The molecule has 1 aromatic rings. The predicted octanol–water partition coefficient (Wildman–Crippen LogP) is 0.132. The summed E-state index contributed by atoms with van der Waals surface area (Å²) in [6.07, 6.45) is 0.158. The van der Waals surface area contributed by atoms with Crippen LogP contribution < -0.4 is 26.8 Å². The topological polar surface area (TPSA) is 218 Å². The molecule has 0 saturated heterocycles. The highest BCUT2D eigenvalue weighted by atomic mass is 16.3. The lowest BCUT2D eigenvalue weighted by molar-refractivity contribution is -0.153. The van der Waals surface area contributed by atoms with Gasteiger partial charge in [-0.2, -0.15) is 0 Å². The number of aliphatic hydroxyl groups excluding tert-OH is 2. The van der Waals surface area contributed by atoms with Crippen LogP contribution in [0.3, 0.4) is 0 Å². The maximum Gasteiger partial charge on any atom is 0.329 e. The number of ketones is 2. The number of fused-ring (bicyclic) bond motifs is 3. The van der Waals surface area contributed by atoms with Crippen LogP contribution in [0.15, 0.2) is 23.0 Å².